The number of carbonyl (C=O) groups excluding carboxylic acids is 1. The Morgan fingerprint density at radius 1 is 1.42 bits per heavy atom. The Bertz CT molecular complexity index is 231. The molecule has 0 heterocycles. The number of hydrogen-bond donors (Lipinski definition) is 1. The predicted octanol–water partition coefficient (Wildman–Crippen LogP) is 2.02. The van der Waals surface area contributed by atoms with Crippen LogP contribution in [0.5, 0.6) is 0 Å². The highest BCUT2D eigenvalue weighted by atomic mass is 16.1. The van der Waals surface area contributed by atoms with E-state index in [9.17, 15) is 4.79 Å². The highest BCUT2D eigenvalue weighted by Crippen LogP contribution is 2.24. The fourth-order valence-corrected chi connectivity index (χ4v) is 0.506. The number of allylic oxidation sites excluding steroid dienone is 3. The van der Waals surface area contributed by atoms with E-state index in [0.29, 0.717) is 0 Å². The molecule has 0 radical (unpaired) electrons. The summed E-state index contributed by atoms with van der Waals surface area (Å²) in [4.78, 5) is 10.8. The fraction of sp³-hybridized carbons (Fsp3) is 0.500. The maximum atomic E-state index is 10.8. The Kier molecular flexibility index (Phi) is 3.25. The number of nitrogens with two attached hydrogens (primary N) is 1. The van der Waals surface area contributed by atoms with Gasteiger partial charge in [0.15, 0.2) is 5.78 Å². The van der Waals surface area contributed by atoms with E-state index in [0.717, 1.165) is 5.57 Å². The van der Waals surface area contributed by atoms with Crippen molar-refractivity contribution in [1.82, 2.24) is 0 Å². The lowest BCUT2D eigenvalue weighted by Gasteiger charge is -2.18. The van der Waals surface area contributed by atoms with Crippen LogP contribution in [0.3, 0.4) is 0 Å². The lowest BCUT2D eigenvalue weighted by Crippen LogP contribution is -2.12. The van der Waals surface area contributed by atoms with Crippen molar-refractivity contribution in [2.75, 3.05) is 0 Å². The Balaban J connectivity index is 4.57. The number of hydrogen-bond acceptors (Lipinski definition) is 2. The van der Waals surface area contributed by atoms with Crippen molar-refractivity contribution in [3.63, 3.8) is 0 Å². The van der Waals surface area contributed by atoms with Gasteiger partial charge in [0, 0.05) is 6.92 Å². The molecule has 68 valence electrons. The van der Waals surface area contributed by atoms with Gasteiger partial charge in [-0.1, -0.05) is 27.4 Å². The van der Waals surface area contributed by atoms with E-state index in [2.05, 4.69) is 6.58 Å². The van der Waals surface area contributed by atoms with Crippen LogP contribution in [0.2, 0.25) is 0 Å². The molecule has 0 atom stereocenters. The van der Waals surface area contributed by atoms with E-state index in [4.69, 9.17) is 5.73 Å². The van der Waals surface area contributed by atoms with Crippen LogP contribution in [0.4, 0.5) is 0 Å². The molecule has 0 fully saturated rings. The van der Waals surface area contributed by atoms with Gasteiger partial charge in [-0.3, -0.25) is 4.79 Å². The summed E-state index contributed by atoms with van der Waals surface area (Å²) in [7, 11) is 0. The first kappa shape index (κ1) is 11.0. The first-order chi connectivity index (χ1) is 5.25. The third-order valence-corrected chi connectivity index (χ3v) is 1.70. The minimum absolute atomic E-state index is 0.0277. The van der Waals surface area contributed by atoms with Gasteiger partial charge in [0.1, 0.15) is 0 Å². The molecule has 0 saturated heterocycles. The minimum atomic E-state index is -0.111. The molecule has 0 aromatic heterocycles. The smallest absolute Gasteiger partial charge is 0.175 e. The molecule has 0 aromatic rings. The molecule has 0 saturated carbocycles. The van der Waals surface area contributed by atoms with Crippen molar-refractivity contribution in [1.29, 1.82) is 0 Å². The second-order valence-corrected chi connectivity index (χ2v) is 3.93. The van der Waals surface area contributed by atoms with Crippen LogP contribution in [0.15, 0.2) is 23.9 Å². The van der Waals surface area contributed by atoms with Gasteiger partial charge in [-0.2, -0.15) is 0 Å². The fourth-order valence-electron chi connectivity index (χ4n) is 0.506. The molecule has 2 N–H and O–H groups in total. The van der Waals surface area contributed by atoms with Gasteiger partial charge in [-0.15, -0.1) is 0 Å². The quantitative estimate of drug-likeness (QED) is 0.505. The number of ketones is 1. The van der Waals surface area contributed by atoms with Crippen LogP contribution in [0.25, 0.3) is 0 Å². The van der Waals surface area contributed by atoms with Crippen molar-refractivity contribution in [3.8, 4) is 0 Å². The standard InChI is InChI=1S/C10H17NO/c1-7(10(3,4)5)6-9(11)8(2)12/h6H,1,11H2,2-5H3/b9-6-. The molecule has 0 amide bonds. The second kappa shape index (κ2) is 3.57. The van der Waals surface area contributed by atoms with Crippen molar-refractivity contribution < 1.29 is 4.79 Å². The molecule has 2 nitrogen and oxygen atoms in total. The van der Waals surface area contributed by atoms with Crippen LogP contribution in [-0.2, 0) is 4.79 Å². The van der Waals surface area contributed by atoms with Crippen LogP contribution < -0.4 is 5.73 Å². The van der Waals surface area contributed by atoms with E-state index in [1.165, 1.54) is 6.92 Å². The largest absolute Gasteiger partial charge is 0.396 e. The Morgan fingerprint density at radius 2 is 1.83 bits per heavy atom. The third kappa shape index (κ3) is 3.37. The molecule has 0 unspecified atom stereocenters. The molecule has 0 aliphatic carbocycles. The van der Waals surface area contributed by atoms with E-state index < -0.39 is 0 Å². The van der Waals surface area contributed by atoms with Crippen LogP contribution >= 0.6 is 0 Å². The highest BCUT2D eigenvalue weighted by molar-refractivity contribution is 5.92. The van der Waals surface area contributed by atoms with Gasteiger partial charge in [0.05, 0.1) is 5.70 Å². The van der Waals surface area contributed by atoms with Crippen LogP contribution in [0, 0.1) is 5.41 Å². The van der Waals surface area contributed by atoms with Crippen molar-refractivity contribution in [2.45, 2.75) is 27.7 Å². The van der Waals surface area contributed by atoms with Gasteiger partial charge in [-0.05, 0) is 17.1 Å². The molecule has 0 rings (SSSR count). The van der Waals surface area contributed by atoms with E-state index in [1.807, 2.05) is 20.8 Å². The summed E-state index contributed by atoms with van der Waals surface area (Å²) in [5.41, 5.74) is 6.58. The van der Waals surface area contributed by atoms with Gasteiger partial charge < -0.3 is 5.73 Å². The summed E-state index contributed by atoms with van der Waals surface area (Å²) in [5, 5.41) is 0. The minimum Gasteiger partial charge on any atom is -0.396 e. The summed E-state index contributed by atoms with van der Waals surface area (Å²) >= 11 is 0. The summed E-state index contributed by atoms with van der Waals surface area (Å²) in [6, 6.07) is 0. The van der Waals surface area contributed by atoms with Crippen LogP contribution in [0.1, 0.15) is 27.7 Å². The predicted molar refractivity (Wildman–Crippen MR) is 51.5 cm³/mol. The summed E-state index contributed by atoms with van der Waals surface area (Å²) in [5.74, 6) is -0.111. The van der Waals surface area contributed by atoms with Crippen molar-refractivity contribution in [3.05, 3.63) is 23.9 Å². The highest BCUT2D eigenvalue weighted by Gasteiger charge is 2.13. The number of carbonyl (C=O) groups is 1. The monoisotopic (exact) mass is 167 g/mol. The molecular formula is C10H17NO. The lowest BCUT2D eigenvalue weighted by molar-refractivity contribution is -0.113. The summed E-state index contributed by atoms with van der Waals surface area (Å²) in [6.07, 6.45) is 1.64. The molecule has 0 aromatic carbocycles. The van der Waals surface area contributed by atoms with Gasteiger partial charge in [0.25, 0.3) is 0 Å². The van der Waals surface area contributed by atoms with Gasteiger partial charge in [0.2, 0.25) is 0 Å². The van der Waals surface area contributed by atoms with E-state index in [-0.39, 0.29) is 16.9 Å². The third-order valence-electron chi connectivity index (χ3n) is 1.70. The zero-order valence-corrected chi connectivity index (χ0v) is 8.27. The molecule has 0 spiro atoms. The molecule has 12 heavy (non-hydrogen) atoms. The van der Waals surface area contributed by atoms with Gasteiger partial charge >= 0.3 is 0 Å². The summed E-state index contributed by atoms with van der Waals surface area (Å²) < 4.78 is 0. The van der Waals surface area contributed by atoms with E-state index >= 15 is 0 Å². The number of Topliss-reactive ketones (excluding diaryl/α,β-unsaturated/α-hetero) is 1. The Labute approximate surface area is 74.1 Å². The zero-order chi connectivity index (χ0) is 9.94. The SMILES string of the molecule is C=C(/C=C(\N)C(C)=O)C(C)(C)C. The molecule has 0 aliphatic heterocycles. The average molecular weight is 167 g/mol. The maximum absolute atomic E-state index is 10.8. The first-order valence-electron chi connectivity index (χ1n) is 3.92. The molecule has 0 bridgehead atoms. The molecule has 2 heteroatoms. The first-order valence-corrected chi connectivity index (χ1v) is 3.92. The zero-order valence-electron chi connectivity index (χ0n) is 8.27. The lowest BCUT2D eigenvalue weighted by atomic mass is 9.87. The molecular weight excluding hydrogens is 150 g/mol. The second-order valence-electron chi connectivity index (χ2n) is 3.93. The molecule has 0 aliphatic rings. The Morgan fingerprint density at radius 3 is 2.08 bits per heavy atom. The van der Waals surface area contributed by atoms with Gasteiger partial charge in [-0.25, -0.2) is 0 Å². The van der Waals surface area contributed by atoms with Crippen LogP contribution in [-0.4, -0.2) is 5.78 Å². The number of rotatable bonds is 2. The average Bonchev–Trinajstić information content (AvgIpc) is 1.85. The topological polar surface area (TPSA) is 43.1 Å². The van der Waals surface area contributed by atoms with E-state index in [1.54, 1.807) is 6.08 Å². The van der Waals surface area contributed by atoms with Crippen molar-refractivity contribution in [2.24, 2.45) is 11.1 Å². The Hall–Kier alpha value is -1.05. The normalized spacial score (nSPS) is 12.8. The maximum Gasteiger partial charge on any atom is 0.175 e. The van der Waals surface area contributed by atoms with Crippen molar-refractivity contribution >= 4 is 5.78 Å². The summed E-state index contributed by atoms with van der Waals surface area (Å²) in [6.45, 7) is 11.4.